The topological polar surface area (TPSA) is 69.7 Å². The number of carbonyl (C=O) groups excluding carboxylic acids is 3. The van der Waals surface area contributed by atoms with Gasteiger partial charge >= 0.3 is 11.9 Å². The molecule has 1 unspecified atom stereocenters. The van der Waals surface area contributed by atoms with Crippen molar-refractivity contribution in [2.24, 2.45) is 0 Å². The number of carbonyl (C=O) groups is 3. The first-order valence-corrected chi connectivity index (χ1v) is 8.99. The van der Waals surface area contributed by atoms with E-state index >= 15 is 0 Å². The molecule has 130 valence electrons. The number of benzene rings is 2. The minimum Gasteiger partial charge on any atom is -0.456 e. The van der Waals surface area contributed by atoms with E-state index in [1.54, 1.807) is 31.2 Å². The Kier molecular flexibility index (Phi) is 6.90. The van der Waals surface area contributed by atoms with E-state index in [1.807, 2.05) is 0 Å². The Labute approximate surface area is 161 Å². The van der Waals surface area contributed by atoms with E-state index in [9.17, 15) is 14.4 Å². The number of halogens is 2. The molecule has 2 aromatic rings. The minimum atomic E-state index is -0.506. The number of hydrogen-bond acceptors (Lipinski definition) is 5. The van der Waals surface area contributed by atoms with Crippen LogP contribution in [0.3, 0.4) is 0 Å². The molecule has 0 amide bonds. The molecule has 0 bridgehead atoms. The Bertz CT molecular complexity index is 767. The molecule has 7 heteroatoms. The minimum absolute atomic E-state index is 0.315. The van der Waals surface area contributed by atoms with Gasteiger partial charge in [0.25, 0.3) is 0 Å². The maximum absolute atomic E-state index is 12.0. The molecular formula is C18H14Br2O5. The van der Waals surface area contributed by atoms with Crippen LogP contribution in [0, 0.1) is 0 Å². The zero-order valence-electron chi connectivity index (χ0n) is 13.2. The molecule has 25 heavy (non-hydrogen) atoms. The van der Waals surface area contributed by atoms with E-state index in [-0.39, 0.29) is 12.4 Å². The summed E-state index contributed by atoms with van der Waals surface area (Å²) in [6.07, 6.45) is 0. The van der Waals surface area contributed by atoms with E-state index in [0.717, 1.165) is 4.47 Å². The highest BCUT2D eigenvalue weighted by Gasteiger charge is 2.14. The van der Waals surface area contributed by atoms with Gasteiger partial charge in [-0.25, -0.2) is 4.79 Å². The molecule has 0 aromatic heterocycles. The molecule has 5 nitrogen and oxygen atoms in total. The van der Waals surface area contributed by atoms with Crippen LogP contribution in [0.2, 0.25) is 0 Å². The molecule has 0 saturated carbocycles. The van der Waals surface area contributed by atoms with Crippen molar-refractivity contribution < 1.29 is 23.9 Å². The van der Waals surface area contributed by atoms with Crippen molar-refractivity contribution in [3.8, 4) is 5.75 Å². The van der Waals surface area contributed by atoms with E-state index < -0.39 is 16.8 Å². The molecule has 0 aliphatic carbocycles. The lowest BCUT2D eigenvalue weighted by Gasteiger charge is -2.07. The predicted octanol–water partition coefficient (Wildman–Crippen LogP) is 4.18. The third-order valence-electron chi connectivity index (χ3n) is 3.14. The van der Waals surface area contributed by atoms with Gasteiger partial charge in [0.15, 0.2) is 12.4 Å². The number of rotatable bonds is 6. The summed E-state index contributed by atoms with van der Waals surface area (Å²) in [6.45, 7) is 1.27. The maximum Gasteiger partial charge on any atom is 0.343 e. The molecule has 0 aliphatic heterocycles. The monoisotopic (exact) mass is 468 g/mol. The summed E-state index contributed by atoms with van der Waals surface area (Å²) in [7, 11) is 0. The van der Waals surface area contributed by atoms with E-state index in [2.05, 4.69) is 31.9 Å². The number of esters is 2. The van der Waals surface area contributed by atoms with Crippen LogP contribution in [0.5, 0.6) is 5.75 Å². The first-order chi connectivity index (χ1) is 11.9. The molecule has 0 N–H and O–H groups in total. The van der Waals surface area contributed by atoms with Gasteiger partial charge in [0.2, 0.25) is 0 Å². The van der Waals surface area contributed by atoms with Crippen LogP contribution in [-0.2, 0) is 9.53 Å². The SMILES string of the molecule is CC(Br)C(=O)OCC(=O)c1ccc(OC(=O)c2ccc(Br)cc2)cc1. The molecule has 1 atom stereocenters. The first kappa shape index (κ1) is 19.3. The van der Waals surface area contributed by atoms with E-state index in [4.69, 9.17) is 9.47 Å². The van der Waals surface area contributed by atoms with Gasteiger partial charge in [0, 0.05) is 10.0 Å². The molecular weight excluding hydrogens is 456 g/mol. The molecule has 2 aromatic carbocycles. The summed E-state index contributed by atoms with van der Waals surface area (Å²) in [4.78, 5) is 34.8. The second-order valence-corrected chi connectivity index (χ2v) is 7.36. The van der Waals surface area contributed by atoms with Crippen molar-refractivity contribution in [2.75, 3.05) is 6.61 Å². The smallest absolute Gasteiger partial charge is 0.343 e. The number of hydrogen-bond donors (Lipinski definition) is 0. The van der Waals surface area contributed by atoms with Crippen LogP contribution in [0.1, 0.15) is 27.6 Å². The lowest BCUT2D eigenvalue weighted by Crippen LogP contribution is -2.19. The average molecular weight is 470 g/mol. The highest BCUT2D eigenvalue weighted by Crippen LogP contribution is 2.16. The molecule has 0 spiro atoms. The Morgan fingerprint density at radius 2 is 1.52 bits per heavy atom. The Balaban J connectivity index is 1.95. The summed E-state index contributed by atoms with van der Waals surface area (Å²) in [5.41, 5.74) is 0.776. The normalized spacial score (nSPS) is 11.5. The summed E-state index contributed by atoms with van der Waals surface area (Å²) in [6, 6.07) is 12.8. The zero-order chi connectivity index (χ0) is 18.4. The molecule has 2 rings (SSSR count). The van der Waals surface area contributed by atoms with Gasteiger partial charge in [-0.1, -0.05) is 31.9 Å². The van der Waals surface area contributed by atoms with Crippen molar-refractivity contribution in [1.82, 2.24) is 0 Å². The van der Waals surface area contributed by atoms with Gasteiger partial charge in [0.1, 0.15) is 10.6 Å². The van der Waals surface area contributed by atoms with Gasteiger partial charge in [-0.05, 0) is 55.5 Å². The molecule has 0 saturated heterocycles. The quantitative estimate of drug-likeness (QED) is 0.275. The van der Waals surface area contributed by atoms with Crippen LogP contribution in [0.4, 0.5) is 0 Å². The third kappa shape index (κ3) is 5.79. The van der Waals surface area contributed by atoms with Crippen molar-refractivity contribution in [3.05, 3.63) is 64.1 Å². The van der Waals surface area contributed by atoms with Crippen molar-refractivity contribution in [1.29, 1.82) is 0 Å². The summed E-state index contributed by atoms with van der Waals surface area (Å²) < 4.78 is 11.0. The predicted molar refractivity (Wildman–Crippen MR) is 99.2 cm³/mol. The molecule has 0 fully saturated rings. The lowest BCUT2D eigenvalue weighted by atomic mass is 10.1. The van der Waals surface area contributed by atoms with Crippen molar-refractivity contribution >= 4 is 49.6 Å². The first-order valence-electron chi connectivity index (χ1n) is 7.28. The lowest BCUT2D eigenvalue weighted by molar-refractivity contribution is -0.141. The van der Waals surface area contributed by atoms with Crippen molar-refractivity contribution in [3.63, 3.8) is 0 Å². The fraction of sp³-hybridized carbons (Fsp3) is 0.167. The zero-order valence-corrected chi connectivity index (χ0v) is 16.4. The summed E-state index contributed by atoms with van der Waals surface area (Å²) in [5.74, 6) is -1.02. The summed E-state index contributed by atoms with van der Waals surface area (Å²) in [5, 5.41) is 0. The third-order valence-corrected chi connectivity index (χ3v) is 4.04. The maximum atomic E-state index is 12.0. The number of ketones is 1. The van der Waals surface area contributed by atoms with Crippen molar-refractivity contribution in [2.45, 2.75) is 11.8 Å². The number of ether oxygens (including phenoxy) is 2. The van der Waals surface area contributed by atoms with Gasteiger partial charge in [-0.2, -0.15) is 0 Å². The second kappa shape index (κ2) is 8.92. The van der Waals surface area contributed by atoms with Gasteiger partial charge < -0.3 is 9.47 Å². The Morgan fingerprint density at radius 3 is 2.08 bits per heavy atom. The van der Waals surface area contributed by atoms with Gasteiger partial charge in [0.05, 0.1) is 5.56 Å². The average Bonchev–Trinajstić information content (AvgIpc) is 2.60. The fourth-order valence-electron chi connectivity index (χ4n) is 1.80. The largest absolute Gasteiger partial charge is 0.456 e. The second-order valence-electron chi connectivity index (χ2n) is 5.07. The highest BCUT2D eigenvalue weighted by atomic mass is 79.9. The van der Waals surface area contributed by atoms with E-state index in [1.165, 1.54) is 24.3 Å². The standard InChI is InChI=1S/C18H14Br2O5/c1-11(19)17(22)24-10-16(21)12-4-8-15(9-5-12)25-18(23)13-2-6-14(20)7-3-13/h2-9,11H,10H2,1H3. The number of alkyl halides is 1. The van der Waals surface area contributed by atoms with E-state index in [0.29, 0.717) is 16.9 Å². The van der Waals surface area contributed by atoms with Crippen LogP contribution < -0.4 is 4.74 Å². The number of Topliss-reactive ketones (excluding diaryl/α,β-unsaturated/α-hetero) is 1. The molecule has 0 aliphatic rings. The van der Waals surface area contributed by atoms with Crippen LogP contribution in [0.15, 0.2) is 53.0 Å². The molecule has 0 radical (unpaired) electrons. The van der Waals surface area contributed by atoms with Gasteiger partial charge in [-0.3, -0.25) is 9.59 Å². The molecule has 0 heterocycles. The highest BCUT2D eigenvalue weighted by molar-refractivity contribution is 9.10. The van der Waals surface area contributed by atoms with Crippen LogP contribution >= 0.6 is 31.9 Å². The Hall–Kier alpha value is -1.99. The van der Waals surface area contributed by atoms with Crippen LogP contribution in [-0.4, -0.2) is 29.2 Å². The van der Waals surface area contributed by atoms with Gasteiger partial charge in [-0.15, -0.1) is 0 Å². The fourth-order valence-corrected chi connectivity index (χ4v) is 2.19. The Morgan fingerprint density at radius 1 is 0.960 bits per heavy atom. The van der Waals surface area contributed by atoms with Crippen LogP contribution in [0.25, 0.3) is 0 Å². The summed E-state index contributed by atoms with van der Waals surface area (Å²) >= 11 is 6.36.